The first-order valence-electron chi connectivity index (χ1n) is 5.48. The van der Waals surface area contributed by atoms with Crippen LogP contribution >= 0.6 is 0 Å². The van der Waals surface area contributed by atoms with Crippen molar-refractivity contribution in [1.82, 2.24) is 5.01 Å². The number of allylic oxidation sites excluding steroid dienone is 4. The lowest BCUT2D eigenvalue weighted by Crippen LogP contribution is -2.66. The number of fused-ring (bicyclic) bond motifs is 1. The zero-order valence-corrected chi connectivity index (χ0v) is 9.46. The largest absolute Gasteiger partial charge is 0.563 e. The van der Waals surface area contributed by atoms with Crippen LogP contribution in [0.2, 0.25) is 0 Å². The van der Waals surface area contributed by atoms with Crippen LogP contribution in [0.4, 0.5) is 0 Å². The second-order valence-corrected chi connectivity index (χ2v) is 4.46. The molecule has 2 rings (SSSR count). The van der Waals surface area contributed by atoms with E-state index >= 15 is 0 Å². The third-order valence-corrected chi connectivity index (χ3v) is 3.23. The lowest BCUT2D eigenvalue weighted by Gasteiger charge is -2.48. The summed E-state index contributed by atoms with van der Waals surface area (Å²) in [7, 11) is 0. The Morgan fingerprint density at radius 3 is 2.39 bits per heavy atom. The van der Waals surface area contributed by atoms with Crippen LogP contribution in [-0.2, 0) is 0 Å². The number of quaternary nitrogens is 2. The zero-order chi connectivity index (χ0) is 13.6. The molecule has 0 spiro atoms. The van der Waals surface area contributed by atoms with Crippen molar-refractivity contribution < 1.29 is 30.9 Å². The fourth-order valence-corrected chi connectivity index (χ4v) is 2.47. The van der Waals surface area contributed by atoms with Crippen molar-refractivity contribution in [3.63, 3.8) is 0 Å². The third-order valence-electron chi connectivity index (χ3n) is 3.23. The maximum Gasteiger partial charge on any atom is 0.274 e. The highest BCUT2D eigenvalue weighted by atomic mass is 17.1. The molecule has 0 aromatic heterocycles. The molecule has 0 aromatic carbocycles. The van der Waals surface area contributed by atoms with Crippen molar-refractivity contribution in [3.05, 3.63) is 34.3 Å². The van der Waals surface area contributed by atoms with E-state index in [0.717, 1.165) is 0 Å². The van der Waals surface area contributed by atoms with Crippen LogP contribution in [0.3, 0.4) is 0 Å². The Labute approximate surface area is 102 Å². The normalized spacial score (nSPS) is 29.0. The Kier molecular flexibility index (Phi) is 3.17. The summed E-state index contributed by atoms with van der Waals surface area (Å²) in [6.45, 7) is 0. The van der Waals surface area contributed by atoms with E-state index < -0.39 is 16.2 Å². The molecule has 9 heteroatoms. The molecule has 0 radical (unpaired) electrons. The molecule has 0 saturated carbocycles. The molecule has 1 aliphatic carbocycles. The summed E-state index contributed by atoms with van der Waals surface area (Å²) in [6, 6.07) is 0. The topological polar surface area (TPSA) is 130 Å². The smallest absolute Gasteiger partial charge is 0.274 e. The van der Waals surface area contributed by atoms with Gasteiger partial charge in [0.15, 0.2) is 0 Å². The number of nitrogens with zero attached hydrogens (tertiary/aromatic N) is 3. The van der Waals surface area contributed by atoms with Crippen LogP contribution < -0.4 is 0 Å². The molecule has 2 atom stereocenters. The van der Waals surface area contributed by atoms with Gasteiger partial charge in [-0.05, 0) is 23.9 Å². The van der Waals surface area contributed by atoms with Gasteiger partial charge in [0, 0.05) is 17.4 Å². The highest BCUT2D eigenvalue weighted by molar-refractivity contribution is 5.20. The summed E-state index contributed by atoms with van der Waals surface area (Å²) in [4.78, 5) is -2.77. The van der Waals surface area contributed by atoms with Crippen LogP contribution in [0.15, 0.2) is 23.9 Å². The van der Waals surface area contributed by atoms with E-state index in [0.29, 0.717) is 17.9 Å². The van der Waals surface area contributed by atoms with Gasteiger partial charge in [0.1, 0.15) is 0 Å². The molecular formula is C9H15N3O6. The number of hydrogen-bond donors (Lipinski definition) is 4. The Morgan fingerprint density at radius 2 is 1.83 bits per heavy atom. The SMILES string of the molecule is [O-][N+](O)(O)C1CCC2CC=CC=C2N1[N+]([O-])(O)O. The molecule has 0 aromatic rings. The second-order valence-electron chi connectivity index (χ2n) is 4.46. The fraction of sp³-hybridized carbons (Fsp3) is 0.556. The van der Waals surface area contributed by atoms with Crippen LogP contribution in [0, 0.1) is 16.3 Å². The third kappa shape index (κ3) is 2.39. The number of rotatable bonds is 2. The lowest BCUT2D eigenvalue weighted by molar-refractivity contribution is -1.32. The molecule has 102 valence electrons. The fourth-order valence-electron chi connectivity index (χ4n) is 2.47. The Morgan fingerprint density at radius 1 is 1.17 bits per heavy atom. The van der Waals surface area contributed by atoms with Gasteiger partial charge >= 0.3 is 0 Å². The van der Waals surface area contributed by atoms with E-state index in [-0.39, 0.29) is 18.0 Å². The van der Waals surface area contributed by atoms with Gasteiger partial charge < -0.3 is 10.4 Å². The number of piperidine rings is 1. The summed E-state index contributed by atoms with van der Waals surface area (Å²) >= 11 is 0. The maximum atomic E-state index is 11.3. The Bertz CT molecular complexity index is 383. The van der Waals surface area contributed by atoms with Crippen molar-refractivity contribution >= 4 is 0 Å². The minimum atomic E-state index is -2.88. The molecule has 9 nitrogen and oxygen atoms in total. The Hall–Kier alpha value is -1.04. The highest BCUT2D eigenvalue weighted by Gasteiger charge is 2.50. The van der Waals surface area contributed by atoms with Crippen LogP contribution in [0.5, 0.6) is 0 Å². The zero-order valence-electron chi connectivity index (χ0n) is 9.46. The van der Waals surface area contributed by atoms with Gasteiger partial charge in [0.05, 0.1) is 5.70 Å². The molecular weight excluding hydrogens is 246 g/mol. The van der Waals surface area contributed by atoms with E-state index in [4.69, 9.17) is 20.8 Å². The van der Waals surface area contributed by atoms with Crippen molar-refractivity contribution in [2.45, 2.75) is 25.4 Å². The monoisotopic (exact) mass is 261 g/mol. The molecule has 2 aliphatic rings. The molecule has 1 heterocycles. The molecule has 4 N–H and O–H groups in total. The summed E-state index contributed by atoms with van der Waals surface area (Å²) in [5.41, 5.74) is 0.204. The van der Waals surface area contributed by atoms with E-state index in [9.17, 15) is 10.4 Å². The first-order valence-corrected chi connectivity index (χ1v) is 5.48. The van der Waals surface area contributed by atoms with Crippen molar-refractivity contribution in [2.24, 2.45) is 5.92 Å². The van der Waals surface area contributed by atoms with Gasteiger partial charge in [-0.2, -0.15) is 20.8 Å². The molecule has 1 saturated heterocycles. The van der Waals surface area contributed by atoms with Gasteiger partial charge in [0.2, 0.25) is 0 Å². The molecule has 0 bridgehead atoms. The summed E-state index contributed by atoms with van der Waals surface area (Å²) in [5.74, 6) is -0.149. The average molecular weight is 261 g/mol. The van der Waals surface area contributed by atoms with E-state index in [1.807, 2.05) is 6.08 Å². The van der Waals surface area contributed by atoms with Gasteiger partial charge in [-0.25, -0.2) is 0 Å². The summed E-state index contributed by atoms with van der Waals surface area (Å²) in [5, 5.41) is 56.3. The van der Waals surface area contributed by atoms with E-state index in [1.165, 1.54) is 6.08 Å². The molecule has 0 amide bonds. The van der Waals surface area contributed by atoms with Crippen LogP contribution in [-0.4, -0.2) is 42.1 Å². The standard InChI is InChI=1S/C9H15N3O6/c13-11(14,15)9-6-5-7-3-1-2-4-8(7)10(9)12(16,17)18/h1-2,4,7,9,13-14,16-17H,3,5-6H2. The number of hydrogen-bond acceptors (Lipinski definition) is 7. The van der Waals surface area contributed by atoms with Crippen LogP contribution in [0.25, 0.3) is 0 Å². The van der Waals surface area contributed by atoms with E-state index in [2.05, 4.69) is 0 Å². The van der Waals surface area contributed by atoms with Crippen molar-refractivity contribution in [1.29, 1.82) is 0 Å². The van der Waals surface area contributed by atoms with Crippen LogP contribution in [0.1, 0.15) is 19.3 Å². The lowest BCUT2D eigenvalue weighted by atomic mass is 9.87. The second kappa shape index (κ2) is 4.26. The number of hydroxylamine groups is 3. The first kappa shape index (κ1) is 13.4. The maximum absolute atomic E-state index is 11.3. The highest BCUT2D eigenvalue weighted by Crippen LogP contribution is 2.39. The molecule has 1 aliphatic heterocycles. The van der Waals surface area contributed by atoms with Gasteiger partial charge in [-0.1, -0.05) is 17.2 Å². The predicted octanol–water partition coefficient (Wildman–Crippen LogP) is 0.969. The van der Waals surface area contributed by atoms with Crippen molar-refractivity contribution in [2.75, 3.05) is 0 Å². The average Bonchev–Trinajstić information content (AvgIpc) is 2.24. The van der Waals surface area contributed by atoms with Crippen molar-refractivity contribution in [3.8, 4) is 0 Å². The molecule has 2 unspecified atom stereocenters. The minimum absolute atomic E-state index is 0.0459. The van der Waals surface area contributed by atoms with Gasteiger partial charge in [-0.3, -0.25) is 0 Å². The molecule has 1 fully saturated rings. The minimum Gasteiger partial charge on any atom is -0.563 e. The van der Waals surface area contributed by atoms with E-state index in [1.54, 1.807) is 6.08 Å². The van der Waals surface area contributed by atoms with Gasteiger partial charge in [0.25, 0.3) is 6.17 Å². The summed E-state index contributed by atoms with van der Waals surface area (Å²) < 4.78 is 0. The predicted molar refractivity (Wildman–Crippen MR) is 54.6 cm³/mol. The molecule has 18 heavy (non-hydrogen) atoms. The quantitative estimate of drug-likeness (QED) is 0.430. The Balaban J connectivity index is 2.40. The first-order chi connectivity index (χ1) is 8.21. The summed E-state index contributed by atoms with van der Waals surface area (Å²) in [6.07, 6.45) is 4.20. The van der Waals surface area contributed by atoms with Gasteiger partial charge in [-0.15, -0.1) is 0 Å².